The van der Waals surface area contributed by atoms with Gasteiger partial charge in [0.05, 0.1) is 69.3 Å². The Morgan fingerprint density at radius 3 is 1.70 bits per heavy atom. The van der Waals surface area contributed by atoms with Crippen molar-refractivity contribution in [1.29, 1.82) is 5.26 Å². The number of benzene rings is 4. The molecule has 17 heteroatoms. The summed E-state index contributed by atoms with van der Waals surface area (Å²) < 4.78 is 28.5. The zero-order valence-corrected chi connectivity index (χ0v) is 47.0. The quantitative estimate of drug-likeness (QED) is 0.132. The lowest BCUT2D eigenvalue weighted by atomic mass is 9.95. The molecule has 4 aromatic carbocycles. The van der Waals surface area contributed by atoms with E-state index in [0.717, 1.165) is 124 Å². The van der Waals surface area contributed by atoms with Crippen LogP contribution in [0.3, 0.4) is 0 Å². The molecule has 0 bridgehead atoms. The molecule has 8 aromatic rings. The second-order valence-corrected chi connectivity index (χ2v) is 22.5. The second-order valence-electron chi connectivity index (χ2n) is 20.0. The number of ether oxygens (including phenoxy) is 2. The summed E-state index contributed by atoms with van der Waals surface area (Å²) in [4.78, 5) is 14.9. The van der Waals surface area contributed by atoms with Gasteiger partial charge in [0.2, 0.25) is 5.69 Å². The van der Waals surface area contributed by atoms with Gasteiger partial charge in [-0.15, -0.1) is 0 Å². The van der Waals surface area contributed by atoms with Crippen molar-refractivity contribution >= 4 is 95.6 Å². The molecule has 0 aliphatic heterocycles. The Bertz CT molecular complexity index is 3320. The van der Waals surface area contributed by atoms with Gasteiger partial charge in [0.1, 0.15) is 34.8 Å². The number of aromatic nitrogens is 4. The van der Waals surface area contributed by atoms with Crippen LogP contribution < -0.4 is 0 Å². The fourth-order valence-electron chi connectivity index (χ4n) is 9.80. The van der Waals surface area contributed by atoms with Crippen molar-refractivity contribution in [3.63, 3.8) is 0 Å². The minimum Gasteiger partial charge on any atom is -0.393 e. The minimum absolute atomic E-state index is 0.106. The number of Topliss-reactive ketones (excluding diaryl/α,β-unsaturated/α-hetero) is 1. The van der Waals surface area contributed by atoms with E-state index < -0.39 is 0 Å². The molecule has 4 saturated carbocycles. The molecular formula is C59H57BrCl4N6O6. The number of aliphatic hydroxyl groups excluding tert-OH is 1. The highest BCUT2D eigenvalue weighted by molar-refractivity contribution is 9.10. The summed E-state index contributed by atoms with van der Waals surface area (Å²) >= 11 is 28.9. The molecule has 4 aliphatic rings. The van der Waals surface area contributed by atoms with Crippen molar-refractivity contribution in [3.8, 4) is 28.6 Å². The summed E-state index contributed by atoms with van der Waals surface area (Å²) in [5.74, 6) is 2.95. The maximum absolute atomic E-state index is 11.4. The average molecular weight is 1170 g/mol. The molecule has 4 aliphatic carbocycles. The van der Waals surface area contributed by atoms with Crippen LogP contribution in [0.1, 0.15) is 123 Å². The fourth-order valence-corrected chi connectivity index (χ4v) is 11.3. The van der Waals surface area contributed by atoms with Gasteiger partial charge in [-0.25, -0.2) is 4.85 Å². The molecule has 4 fully saturated rings. The molecule has 4 aromatic heterocycles. The van der Waals surface area contributed by atoms with Gasteiger partial charge in [-0.05, 0) is 119 Å². The molecule has 0 amide bonds. The highest BCUT2D eigenvalue weighted by Crippen LogP contribution is 2.48. The van der Waals surface area contributed by atoms with Crippen LogP contribution in [0.5, 0.6) is 0 Å². The molecular weight excluding hydrogens is 1110 g/mol. The minimum atomic E-state index is -0.185. The fraction of sp³-hybridized carbons (Fsp3) is 0.373. The zero-order chi connectivity index (χ0) is 53.6. The highest BCUT2D eigenvalue weighted by Gasteiger charge is 2.35. The third kappa shape index (κ3) is 13.1. The zero-order valence-electron chi connectivity index (χ0n) is 42.4. The van der Waals surface area contributed by atoms with Crippen LogP contribution in [0.15, 0.2) is 98.7 Å². The van der Waals surface area contributed by atoms with E-state index in [1.54, 1.807) is 24.3 Å². The molecule has 0 radical (unpaired) electrons. The number of ketones is 1. The van der Waals surface area contributed by atoms with Crippen molar-refractivity contribution in [3.05, 3.63) is 155 Å². The molecule has 12 rings (SSSR count). The lowest BCUT2D eigenvalue weighted by Gasteiger charge is -2.25. The number of hydrogen-bond donors (Lipinski definition) is 1. The normalized spacial score (nSPS) is 17.5. The van der Waals surface area contributed by atoms with E-state index >= 15 is 0 Å². The number of rotatable bonds is 10. The summed E-state index contributed by atoms with van der Waals surface area (Å²) in [6.45, 7) is 9.91. The van der Waals surface area contributed by atoms with E-state index in [-0.39, 0.29) is 18.3 Å². The Morgan fingerprint density at radius 2 is 1.20 bits per heavy atom. The number of carbonyl (C=O) groups excluding carboxylic acids is 1. The first-order valence-electron chi connectivity index (χ1n) is 25.6. The van der Waals surface area contributed by atoms with E-state index in [0.29, 0.717) is 86.3 Å². The second kappa shape index (κ2) is 24.9. The highest BCUT2D eigenvalue weighted by atomic mass is 79.9. The number of carbonyl (C=O) groups is 1. The van der Waals surface area contributed by atoms with Crippen LogP contribution in [-0.4, -0.2) is 48.6 Å². The molecule has 76 heavy (non-hydrogen) atoms. The van der Waals surface area contributed by atoms with Gasteiger partial charge in [-0.2, -0.15) is 5.26 Å². The number of aryl methyl sites for hydroxylation is 3. The molecule has 1 N–H and O–H groups in total. The molecule has 394 valence electrons. The first-order valence-corrected chi connectivity index (χ1v) is 27.9. The number of fused-ring (bicyclic) bond motifs is 2. The van der Waals surface area contributed by atoms with Crippen LogP contribution in [0.25, 0.3) is 49.2 Å². The van der Waals surface area contributed by atoms with Crippen molar-refractivity contribution < 1.29 is 28.4 Å². The van der Waals surface area contributed by atoms with Crippen molar-refractivity contribution in [2.45, 2.75) is 127 Å². The average Bonchev–Trinajstić information content (AvgIpc) is 4.32. The first kappa shape index (κ1) is 55.3. The summed E-state index contributed by atoms with van der Waals surface area (Å²) in [5, 5.41) is 31.3. The topological polar surface area (TPSA) is 146 Å². The number of halogens is 5. The smallest absolute Gasteiger partial charge is 0.212 e. The lowest BCUT2D eigenvalue weighted by Crippen LogP contribution is -2.24. The first-order chi connectivity index (χ1) is 36.7. The van der Waals surface area contributed by atoms with Crippen molar-refractivity contribution in [1.82, 2.24) is 19.4 Å². The van der Waals surface area contributed by atoms with Crippen molar-refractivity contribution in [2.24, 2.45) is 14.1 Å². The molecule has 0 saturated heterocycles. The van der Waals surface area contributed by atoms with Gasteiger partial charge in [0.15, 0.2) is 0 Å². The number of aliphatic hydroxyl groups is 1. The van der Waals surface area contributed by atoms with Crippen LogP contribution in [0.2, 0.25) is 20.1 Å². The Labute approximate surface area is 470 Å². The van der Waals surface area contributed by atoms with E-state index in [1.807, 2.05) is 78.1 Å². The van der Waals surface area contributed by atoms with Crippen LogP contribution >= 0.6 is 62.3 Å². The van der Waals surface area contributed by atoms with Gasteiger partial charge in [-0.3, -0.25) is 4.79 Å². The third-order valence-corrected chi connectivity index (χ3v) is 16.1. The van der Waals surface area contributed by atoms with E-state index in [2.05, 4.69) is 50.1 Å². The number of nitrogens with zero attached hydrogens (tertiary/aromatic N) is 6. The maximum Gasteiger partial charge on any atom is 0.212 e. The summed E-state index contributed by atoms with van der Waals surface area (Å²) in [6.07, 6.45) is 14.4. The van der Waals surface area contributed by atoms with E-state index in [1.165, 1.54) is 5.56 Å². The molecule has 4 heterocycles. The predicted octanol–water partition coefficient (Wildman–Crippen LogP) is 16.7. The Morgan fingerprint density at radius 1 is 0.711 bits per heavy atom. The monoisotopic (exact) mass is 1160 g/mol. The third-order valence-electron chi connectivity index (χ3n) is 14.3. The van der Waals surface area contributed by atoms with E-state index in [9.17, 15) is 9.90 Å². The van der Waals surface area contributed by atoms with E-state index in [4.69, 9.17) is 76.8 Å². The van der Waals surface area contributed by atoms with Crippen LogP contribution in [-0.2, 0) is 41.6 Å². The molecule has 0 unspecified atom stereocenters. The largest absolute Gasteiger partial charge is 0.393 e. The van der Waals surface area contributed by atoms with Crippen LogP contribution in [0.4, 0.5) is 5.69 Å². The maximum atomic E-state index is 11.4. The van der Waals surface area contributed by atoms with Crippen molar-refractivity contribution in [2.75, 3.05) is 0 Å². The Hall–Kier alpha value is -5.45. The molecule has 12 nitrogen and oxygen atoms in total. The lowest BCUT2D eigenvalue weighted by molar-refractivity contribution is -0.123. The van der Waals surface area contributed by atoms with Gasteiger partial charge < -0.3 is 32.8 Å². The van der Waals surface area contributed by atoms with Gasteiger partial charge in [0, 0.05) is 94.2 Å². The SMILES string of the molecule is Cn1cc(C#N)c2ccc(Br)cc21.O=C1CCC(OCc2c(-c3c(Cl)cccc3Cl)noc2C2CC2)CC1.OC1CCC(OCc2c(-c3c(Cl)cccc3Cl)noc2C2CC2)CC1.[C-]#[N+]c1cn(C)c2cc(C)ccc12. The molecule has 0 spiro atoms. The number of nitriles is 1. The summed E-state index contributed by atoms with van der Waals surface area (Å²) in [6, 6.07) is 25.1. The molecule has 0 atom stereocenters. The van der Waals surface area contributed by atoms with Gasteiger partial charge >= 0.3 is 0 Å². The summed E-state index contributed by atoms with van der Waals surface area (Å²) in [7, 11) is 3.91. The Kier molecular flexibility index (Phi) is 18.1. The van der Waals surface area contributed by atoms with Gasteiger partial charge in [-0.1, -0.05) is 103 Å². The number of hydrogen-bond acceptors (Lipinski definition) is 9. The standard InChI is InChI=1S/C19H21Cl2NO3.C19H19Cl2NO3.C11H10N2.C10H7BrN2/c2*20-15-2-1-3-16(21)17(15)18-14(19(25-22-18)11-4-5-11)10-24-13-8-6-12(23)7-9-13;1-8-4-5-9-10(12-2)7-13(3)11(9)6-8;1-13-6-7(5-12)9-3-2-8(11)4-10(9)13/h1-3,11-13,23H,4-10H2;1-3,11,13H,4-10H2;4-7H,1,3H3;2-4,6H,1H3. The summed E-state index contributed by atoms with van der Waals surface area (Å²) in [5.41, 5.74) is 9.55. The van der Waals surface area contributed by atoms with Crippen LogP contribution in [0, 0.1) is 24.8 Å². The van der Waals surface area contributed by atoms with Gasteiger partial charge in [0.25, 0.3) is 0 Å². The Balaban J connectivity index is 0.000000130. The predicted molar refractivity (Wildman–Crippen MR) is 302 cm³/mol.